The zero-order chi connectivity index (χ0) is 27.8. The molecule has 4 heterocycles. The topological polar surface area (TPSA) is 119 Å². The number of thioether (sulfide) groups is 1. The van der Waals surface area contributed by atoms with Gasteiger partial charge in [0.25, 0.3) is 5.91 Å². The Balaban J connectivity index is 1.35. The molecule has 0 radical (unpaired) electrons. The minimum Gasteiger partial charge on any atom is -0.503 e. The number of aliphatic hydroxyl groups excluding tert-OH is 1. The molecule has 0 saturated carbocycles. The number of nitrogens with zero attached hydrogens (tertiary/aromatic N) is 4. The van der Waals surface area contributed by atoms with Crippen LogP contribution in [0.4, 0.5) is 5.13 Å². The van der Waals surface area contributed by atoms with Gasteiger partial charge in [-0.2, -0.15) is 0 Å². The predicted molar refractivity (Wildman–Crippen MR) is 152 cm³/mol. The highest BCUT2D eigenvalue weighted by molar-refractivity contribution is 8.00. The normalized spacial score (nSPS) is 15.3. The lowest BCUT2D eigenvalue weighted by Gasteiger charge is -2.23. The first-order valence-corrected chi connectivity index (χ1v) is 14.1. The van der Waals surface area contributed by atoms with Crippen LogP contribution in [0.3, 0.4) is 0 Å². The number of aliphatic hydroxyl groups is 1. The average molecular weight is 591 g/mol. The zero-order valence-electron chi connectivity index (χ0n) is 20.8. The van der Waals surface area contributed by atoms with Crippen LogP contribution in [-0.2, 0) is 10.5 Å². The number of halogens is 1. The fourth-order valence-electron chi connectivity index (χ4n) is 4.41. The van der Waals surface area contributed by atoms with E-state index in [-0.39, 0.29) is 16.5 Å². The number of hydrogen-bond donors (Lipinski definition) is 1. The number of pyridine rings is 1. The van der Waals surface area contributed by atoms with Crippen molar-refractivity contribution in [2.24, 2.45) is 0 Å². The summed E-state index contributed by atoms with van der Waals surface area (Å²) in [5.41, 5.74) is 1.81. The number of methoxy groups -OCH3 is 1. The summed E-state index contributed by atoms with van der Waals surface area (Å²) in [7, 11) is 1.50. The second-order valence-electron chi connectivity index (χ2n) is 8.71. The van der Waals surface area contributed by atoms with E-state index in [1.54, 1.807) is 42.6 Å². The van der Waals surface area contributed by atoms with E-state index in [4.69, 9.17) is 20.8 Å². The maximum atomic E-state index is 13.8. The summed E-state index contributed by atoms with van der Waals surface area (Å²) in [5.74, 6) is -1.05. The van der Waals surface area contributed by atoms with Crippen LogP contribution in [0.2, 0.25) is 5.02 Å². The van der Waals surface area contributed by atoms with Gasteiger partial charge in [0.2, 0.25) is 10.9 Å². The Morgan fingerprint density at radius 2 is 2.00 bits per heavy atom. The number of amides is 1. The Morgan fingerprint density at radius 1 is 1.18 bits per heavy atom. The molecule has 200 valence electrons. The van der Waals surface area contributed by atoms with Gasteiger partial charge in [-0.15, -0.1) is 10.2 Å². The number of ketones is 1. The molecule has 5 aromatic rings. The van der Waals surface area contributed by atoms with Gasteiger partial charge in [0, 0.05) is 28.6 Å². The number of aromatic nitrogens is 3. The lowest BCUT2D eigenvalue weighted by Crippen LogP contribution is -2.31. The van der Waals surface area contributed by atoms with Crippen LogP contribution in [-0.4, -0.2) is 39.1 Å². The van der Waals surface area contributed by atoms with Gasteiger partial charge in [0.15, 0.2) is 27.2 Å². The van der Waals surface area contributed by atoms with Gasteiger partial charge in [0.1, 0.15) is 0 Å². The summed E-state index contributed by atoms with van der Waals surface area (Å²) < 4.78 is 11.8. The number of anilines is 1. The van der Waals surface area contributed by atoms with Crippen LogP contribution >= 0.6 is 34.7 Å². The zero-order valence-corrected chi connectivity index (χ0v) is 23.2. The minimum atomic E-state index is -0.995. The van der Waals surface area contributed by atoms with E-state index in [1.165, 1.54) is 41.3 Å². The molecule has 0 saturated heterocycles. The number of ether oxygens (including phenoxy) is 1. The highest BCUT2D eigenvalue weighted by atomic mass is 35.5. The second-order valence-corrected chi connectivity index (χ2v) is 11.3. The summed E-state index contributed by atoms with van der Waals surface area (Å²) in [6.45, 7) is 0. The quantitative estimate of drug-likeness (QED) is 0.124. The fourth-order valence-corrected chi connectivity index (χ4v) is 6.36. The Bertz CT molecular complexity index is 1770. The monoisotopic (exact) mass is 590 g/mol. The first-order chi connectivity index (χ1) is 19.4. The summed E-state index contributed by atoms with van der Waals surface area (Å²) in [6, 6.07) is 16.7. The number of fused-ring (bicyclic) bond motifs is 1. The molecule has 1 aliphatic rings. The van der Waals surface area contributed by atoms with Gasteiger partial charge in [-0.1, -0.05) is 65.0 Å². The van der Waals surface area contributed by atoms with Crippen molar-refractivity contribution < 1.29 is 23.8 Å². The van der Waals surface area contributed by atoms with Gasteiger partial charge in [-0.3, -0.25) is 19.5 Å². The summed E-state index contributed by atoms with van der Waals surface area (Å²) >= 11 is 8.61. The van der Waals surface area contributed by atoms with Crippen LogP contribution in [0.15, 0.2) is 93.1 Å². The van der Waals surface area contributed by atoms with Crippen LogP contribution in [0.1, 0.15) is 27.7 Å². The lowest BCUT2D eigenvalue weighted by molar-refractivity contribution is -0.117. The van der Waals surface area contributed by atoms with Crippen molar-refractivity contribution in [1.82, 2.24) is 15.2 Å². The third kappa shape index (κ3) is 4.72. The summed E-state index contributed by atoms with van der Waals surface area (Å²) in [4.78, 5) is 32.7. The molecular formula is C28H19ClN4O5S2. The van der Waals surface area contributed by atoms with Crippen molar-refractivity contribution >= 4 is 62.5 Å². The smallest absolute Gasteiger partial charge is 0.296 e. The van der Waals surface area contributed by atoms with Crippen LogP contribution in [0.25, 0.3) is 11.0 Å². The van der Waals surface area contributed by atoms with Gasteiger partial charge in [-0.25, -0.2) is 0 Å². The van der Waals surface area contributed by atoms with E-state index in [2.05, 4.69) is 15.2 Å². The molecule has 1 atom stereocenters. The van der Waals surface area contributed by atoms with E-state index in [9.17, 15) is 14.7 Å². The minimum absolute atomic E-state index is 0.0407. The highest BCUT2D eigenvalue weighted by Gasteiger charge is 2.47. The van der Waals surface area contributed by atoms with Gasteiger partial charge in [0.05, 0.1) is 18.7 Å². The van der Waals surface area contributed by atoms with Gasteiger partial charge < -0.3 is 14.3 Å². The molecule has 2 aromatic carbocycles. The van der Waals surface area contributed by atoms with Crippen molar-refractivity contribution in [2.75, 3.05) is 12.0 Å². The number of Topliss-reactive ketones (excluding diaryl/α,β-unsaturated/α-hetero) is 1. The molecule has 12 heteroatoms. The first kappa shape index (κ1) is 26.1. The van der Waals surface area contributed by atoms with Crippen molar-refractivity contribution in [2.45, 2.75) is 16.1 Å². The molecule has 6 rings (SSSR count). The third-order valence-electron chi connectivity index (χ3n) is 6.28. The molecule has 1 unspecified atom stereocenters. The molecule has 0 spiro atoms. The van der Waals surface area contributed by atoms with E-state index in [0.717, 1.165) is 5.56 Å². The molecule has 0 fully saturated rings. The average Bonchev–Trinajstić information content (AvgIpc) is 3.69. The molecular weight excluding hydrogens is 572 g/mol. The van der Waals surface area contributed by atoms with Crippen LogP contribution in [0, 0.1) is 0 Å². The van der Waals surface area contributed by atoms with E-state index >= 15 is 0 Å². The highest BCUT2D eigenvalue weighted by Crippen LogP contribution is 2.44. The van der Waals surface area contributed by atoms with Crippen molar-refractivity contribution in [3.63, 3.8) is 0 Å². The molecule has 3 aromatic heterocycles. The van der Waals surface area contributed by atoms with Crippen molar-refractivity contribution in [3.05, 3.63) is 106 Å². The number of furan rings is 1. The first-order valence-electron chi connectivity index (χ1n) is 11.9. The lowest BCUT2D eigenvalue weighted by atomic mass is 9.96. The number of benzene rings is 2. The molecule has 1 N–H and O–H groups in total. The largest absolute Gasteiger partial charge is 0.503 e. The van der Waals surface area contributed by atoms with E-state index < -0.39 is 23.5 Å². The van der Waals surface area contributed by atoms with E-state index in [1.807, 2.05) is 24.3 Å². The number of carbonyl (C=O) groups is 2. The van der Waals surface area contributed by atoms with Crippen LogP contribution in [0.5, 0.6) is 5.75 Å². The summed E-state index contributed by atoms with van der Waals surface area (Å²) in [5, 5.41) is 21.0. The predicted octanol–water partition coefficient (Wildman–Crippen LogP) is 6.42. The fraction of sp³-hybridized carbons (Fsp3) is 0.107. The third-order valence-corrected chi connectivity index (χ3v) is 8.66. The molecule has 40 heavy (non-hydrogen) atoms. The molecule has 0 aliphatic carbocycles. The number of carbonyl (C=O) groups excluding carboxylic acids is 2. The second kappa shape index (κ2) is 10.8. The molecule has 0 bridgehead atoms. The Hall–Kier alpha value is -4.19. The van der Waals surface area contributed by atoms with Crippen molar-refractivity contribution in [3.8, 4) is 5.75 Å². The number of rotatable bonds is 8. The maximum absolute atomic E-state index is 13.8. The maximum Gasteiger partial charge on any atom is 0.296 e. The summed E-state index contributed by atoms with van der Waals surface area (Å²) in [6.07, 6.45) is 3.12. The van der Waals surface area contributed by atoms with E-state index in [0.29, 0.717) is 37.4 Å². The number of para-hydroxylation sites is 1. The molecule has 9 nitrogen and oxygen atoms in total. The standard InChI is InChI=1S/C28H19ClN4O5S2/c1-37-19-6-2-4-16-12-20(38-25(16)19)23(34)21-22(17-5-3-11-30-13-17)33(26(36)24(21)35)27-31-32-28(40-27)39-14-15-7-9-18(29)10-8-15/h2-13,22,35H,14H2,1H3. The SMILES string of the molecule is COc1cccc2cc(C(=O)C3=C(O)C(=O)N(c4nnc(SCc5ccc(Cl)cc5)s4)C3c3cccnc3)oc12. The van der Waals surface area contributed by atoms with Crippen molar-refractivity contribution in [1.29, 1.82) is 0 Å². The number of hydrogen-bond acceptors (Lipinski definition) is 10. The molecule has 1 amide bonds. The van der Waals surface area contributed by atoms with Gasteiger partial charge in [-0.05, 0) is 41.5 Å². The Morgan fingerprint density at radius 3 is 2.75 bits per heavy atom. The Kier molecular flexibility index (Phi) is 7.01. The molecule has 1 aliphatic heterocycles. The Labute approximate surface area is 241 Å². The van der Waals surface area contributed by atoms with Crippen LogP contribution < -0.4 is 9.64 Å². The van der Waals surface area contributed by atoms with Gasteiger partial charge >= 0.3 is 0 Å².